The van der Waals surface area contributed by atoms with Gasteiger partial charge in [0.15, 0.2) is 0 Å². The van der Waals surface area contributed by atoms with Gasteiger partial charge in [0.25, 0.3) is 15.9 Å². The number of nitrogens with zero attached hydrogens (tertiary/aromatic N) is 1. The van der Waals surface area contributed by atoms with Crippen LogP contribution in [-0.2, 0) is 16.4 Å². The molecule has 0 aromatic heterocycles. The molecule has 3 aromatic rings. The zero-order valence-corrected chi connectivity index (χ0v) is 19.0. The molecule has 160 valence electrons. The summed E-state index contributed by atoms with van der Waals surface area (Å²) in [4.78, 5) is 13.1. The van der Waals surface area contributed by atoms with E-state index in [9.17, 15) is 13.2 Å². The van der Waals surface area contributed by atoms with Gasteiger partial charge in [-0.3, -0.25) is 9.10 Å². The zero-order chi connectivity index (χ0) is 22.3. The Labute approximate surface area is 183 Å². The molecule has 0 aliphatic carbocycles. The second-order valence-electron chi connectivity index (χ2n) is 8.26. The molecule has 1 atom stereocenters. The first kappa shape index (κ1) is 21.1. The summed E-state index contributed by atoms with van der Waals surface area (Å²) >= 11 is 0. The van der Waals surface area contributed by atoms with Crippen molar-refractivity contribution in [3.63, 3.8) is 0 Å². The van der Waals surface area contributed by atoms with E-state index in [-0.39, 0.29) is 16.8 Å². The fraction of sp³-hybridized carbons (Fsp3) is 0.240. The number of aryl methyl sites for hydroxylation is 3. The minimum Gasteiger partial charge on any atom is -0.322 e. The Hall–Kier alpha value is -3.12. The smallest absolute Gasteiger partial charge is 0.264 e. The van der Waals surface area contributed by atoms with E-state index in [1.165, 1.54) is 9.87 Å². The summed E-state index contributed by atoms with van der Waals surface area (Å²) in [5.41, 5.74) is 6.03. The standard InChI is InChI=1S/C25H26N2O3S/c1-16-5-10-23(11-6-16)31(29,30)27-19(4)14-21-15-20(8-12-24(21)27)25(28)26-22-9-7-17(2)18(3)13-22/h5-13,15,19H,14H2,1-4H3,(H,26,28)/t19-/m0/s1. The average molecular weight is 435 g/mol. The second kappa shape index (κ2) is 7.85. The third-order valence-corrected chi connectivity index (χ3v) is 7.78. The summed E-state index contributed by atoms with van der Waals surface area (Å²) in [6, 6.07) is 17.7. The lowest BCUT2D eigenvalue weighted by Crippen LogP contribution is -2.35. The van der Waals surface area contributed by atoms with Gasteiger partial charge in [-0.05, 0) is 93.3 Å². The lowest BCUT2D eigenvalue weighted by Gasteiger charge is -2.24. The van der Waals surface area contributed by atoms with Crippen LogP contribution in [0.25, 0.3) is 0 Å². The topological polar surface area (TPSA) is 66.5 Å². The van der Waals surface area contributed by atoms with Crippen LogP contribution >= 0.6 is 0 Å². The number of fused-ring (bicyclic) bond motifs is 1. The van der Waals surface area contributed by atoms with E-state index in [1.807, 2.05) is 45.9 Å². The molecule has 0 unspecified atom stereocenters. The number of amides is 1. The van der Waals surface area contributed by atoms with Crippen LogP contribution in [0.5, 0.6) is 0 Å². The van der Waals surface area contributed by atoms with E-state index < -0.39 is 10.0 Å². The zero-order valence-electron chi connectivity index (χ0n) is 18.1. The van der Waals surface area contributed by atoms with Gasteiger partial charge in [0.1, 0.15) is 0 Å². The molecule has 31 heavy (non-hydrogen) atoms. The van der Waals surface area contributed by atoms with Gasteiger partial charge in [0, 0.05) is 17.3 Å². The van der Waals surface area contributed by atoms with E-state index in [0.717, 1.165) is 22.4 Å². The van der Waals surface area contributed by atoms with E-state index in [2.05, 4.69) is 5.32 Å². The minimum atomic E-state index is -3.68. The highest BCUT2D eigenvalue weighted by molar-refractivity contribution is 7.92. The summed E-state index contributed by atoms with van der Waals surface area (Å²) in [5.74, 6) is -0.210. The lowest BCUT2D eigenvalue weighted by atomic mass is 10.1. The number of carbonyl (C=O) groups is 1. The van der Waals surface area contributed by atoms with Crippen LogP contribution in [0, 0.1) is 20.8 Å². The van der Waals surface area contributed by atoms with Gasteiger partial charge in [0.05, 0.1) is 10.6 Å². The molecule has 0 saturated carbocycles. The summed E-state index contributed by atoms with van der Waals surface area (Å²) in [6.07, 6.45) is 0.561. The number of nitrogens with one attached hydrogen (secondary N) is 1. The summed E-state index contributed by atoms with van der Waals surface area (Å²) in [5, 5.41) is 2.93. The molecule has 5 nitrogen and oxygen atoms in total. The molecule has 1 aliphatic rings. The number of anilines is 2. The van der Waals surface area contributed by atoms with Crippen molar-refractivity contribution in [2.45, 2.75) is 45.1 Å². The quantitative estimate of drug-likeness (QED) is 0.628. The first-order valence-corrected chi connectivity index (χ1v) is 11.7. The molecule has 3 aromatic carbocycles. The van der Waals surface area contributed by atoms with Crippen LogP contribution in [0.2, 0.25) is 0 Å². The Morgan fingerprint density at radius 2 is 1.65 bits per heavy atom. The van der Waals surface area contributed by atoms with Crippen molar-refractivity contribution in [2.75, 3.05) is 9.62 Å². The molecule has 0 saturated heterocycles. The highest BCUT2D eigenvalue weighted by Crippen LogP contribution is 2.37. The van der Waals surface area contributed by atoms with Crippen LogP contribution in [0.1, 0.15) is 39.5 Å². The number of hydrogen-bond acceptors (Lipinski definition) is 3. The molecule has 0 radical (unpaired) electrons. The van der Waals surface area contributed by atoms with Crippen LogP contribution in [0.15, 0.2) is 65.6 Å². The highest BCUT2D eigenvalue weighted by atomic mass is 32.2. The molecule has 4 rings (SSSR count). The Morgan fingerprint density at radius 1 is 0.935 bits per heavy atom. The maximum absolute atomic E-state index is 13.3. The molecule has 0 spiro atoms. The van der Waals surface area contributed by atoms with Crippen molar-refractivity contribution in [3.05, 3.63) is 88.5 Å². The largest absolute Gasteiger partial charge is 0.322 e. The van der Waals surface area contributed by atoms with Gasteiger partial charge in [-0.1, -0.05) is 23.8 Å². The summed E-state index contributed by atoms with van der Waals surface area (Å²) < 4.78 is 28.0. The number of sulfonamides is 1. The van der Waals surface area contributed by atoms with Gasteiger partial charge in [-0.15, -0.1) is 0 Å². The van der Waals surface area contributed by atoms with E-state index in [0.29, 0.717) is 17.7 Å². The van der Waals surface area contributed by atoms with Crippen molar-refractivity contribution in [1.29, 1.82) is 0 Å². The molecule has 1 aliphatic heterocycles. The molecule has 0 fully saturated rings. The van der Waals surface area contributed by atoms with Crippen molar-refractivity contribution >= 4 is 27.3 Å². The Balaban J connectivity index is 1.62. The SMILES string of the molecule is Cc1ccc(S(=O)(=O)N2c3ccc(C(=O)Nc4ccc(C)c(C)c4)cc3C[C@@H]2C)cc1. The van der Waals surface area contributed by atoms with Gasteiger partial charge in [-0.2, -0.15) is 0 Å². The fourth-order valence-electron chi connectivity index (χ4n) is 3.96. The van der Waals surface area contributed by atoms with E-state index >= 15 is 0 Å². The number of rotatable bonds is 4. The minimum absolute atomic E-state index is 0.210. The monoisotopic (exact) mass is 434 g/mol. The summed E-state index contributed by atoms with van der Waals surface area (Å²) in [6.45, 7) is 7.85. The van der Waals surface area contributed by atoms with Gasteiger partial charge < -0.3 is 5.32 Å². The van der Waals surface area contributed by atoms with E-state index in [4.69, 9.17) is 0 Å². The maximum atomic E-state index is 13.3. The van der Waals surface area contributed by atoms with Gasteiger partial charge in [0.2, 0.25) is 0 Å². The van der Waals surface area contributed by atoms with Crippen LogP contribution < -0.4 is 9.62 Å². The third-order valence-electron chi connectivity index (χ3n) is 5.84. The van der Waals surface area contributed by atoms with Crippen molar-refractivity contribution in [2.24, 2.45) is 0 Å². The fourth-order valence-corrected chi connectivity index (χ4v) is 5.65. The van der Waals surface area contributed by atoms with Gasteiger partial charge in [-0.25, -0.2) is 8.42 Å². The van der Waals surface area contributed by atoms with E-state index in [1.54, 1.807) is 42.5 Å². The molecule has 1 amide bonds. The first-order chi connectivity index (χ1) is 14.7. The number of carbonyl (C=O) groups excluding carboxylic acids is 1. The van der Waals surface area contributed by atoms with Gasteiger partial charge >= 0.3 is 0 Å². The Bertz CT molecular complexity index is 1260. The molecular formula is C25H26N2O3S. The normalized spacial score (nSPS) is 15.6. The van der Waals surface area contributed by atoms with Crippen molar-refractivity contribution < 1.29 is 13.2 Å². The molecule has 0 bridgehead atoms. The predicted molar refractivity (Wildman–Crippen MR) is 124 cm³/mol. The first-order valence-electron chi connectivity index (χ1n) is 10.3. The highest BCUT2D eigenvalue weighted by Gasteiger charge is 2.36. The van der Waals surface area contributed by atoms with Crippen LogP contribution in [-0.4, -0.2) is 20.4 Å². The average Bonchev–Trinajstić information content (AvgIpc) is 3.06. The molecule has 1 heterocycles. The number of benzene rings is 3. The van der Waals surface area contributed by atoms with Crippen LogP contribution in [0.3, 0.4) is 0 Å². The predicted octanol–water partition coefficient (Wildman–Crippen LogP) is 5.00. The molecule has 1 N–H and O–H groups in total. The third kappa shape index (κ3) is 3.95. The van der Waals surface area contributed by atoms with Crippen LogP contribution in [0.4, 0.5) is 11.4 Å². The van der Waals surface area contributed by atoms with Crippen molar-refractivity contribution in [3.8, 4) is 0 Å². The second-order valence-corrected chi connectivity index (χ2v) is 10.1. The Kier molecular flexibility index (Phi) is 5.35. The maximum Gasteiger partial charge on any atom is 0.264 e. The Morgan fingerprint density at radius 3 is 2.32 bits per heavy atom. The molecular weight excluding hydrogens is 408 g/mol. The lowest BCUT2D eigenvalue weighted by molar-refractivity contribution is 0.102. The molecule has 6 heteroatoms. The number of hydrogen-bond donors (Lipinski definition) is 1. The van der Waals surface area contributed by atoms with Crippen molar-refractivity contribution in [1.82, 2.24) is 0 Å². The summed E-state index contributed by atoms with van der Waals surface area (Å²) in [7, 11) is -3.68.